The molecule has 1 saturated carbocycles. The van der Waals surface area contributed by atoms with Gasteiger partial charge in [0.15, 0.2) is 0 Å². The average molecular weight is 511 g/mol. The van der Waals surface area contributed by atoms with Gasteiger partial charge in [-0.3, -0.25) is 9.52 Å². The van der Waals surface area contributed by atoms with E-state index in [1.165, 1.54) is 18.6 Å². The highest BCUT2D eigenvalue weighted by Gasteiger charge is 2.34. The third-order valence-electron chi connectivity index (χ3n) is 6.70. The van der Waals surface area contributed by atoms with Crippen LogP contribution < -0.4 is 14.8 Å². The van der Waals surface area contributed by atoms with Gasteiger partial charge in [-0.15, -0.1) is 0 Å². The minimum absolute atomic E-state index is 0.139. The minimum atomic E-state index is -3.54. The van der Waals surface area contributed by atoms with Crippen LogP contribution in [0.3, 0.4) is 0 Å². The first-order valence-corrected chi connectivity index (χ1v) is 14.1. The molecule has 1 heterocycles. The molecule has 0 radical (unpaired) electrons. The molecule has 10 nitrogen and oxygen atoms in total. The van der Waals surface area contributed by atoms with Crippen molar-refractivity contribution < 1.29 is 27.9 Å². The minimum Gasteiger partial charge on any atom is -0.487 e. The highest BCUT2D eigenvalue weighted by molar-refractivity contribution is 7.92. The summed E-state index contributed by atoms with van der Waals surface area (Å²) in [6.07, 6.45) is 6.04. The van der Waals surface area contributed by atoms with E-state index in [-0.39, 0.29) is 41.8 Å². The van der Waals surface area contributed by atoms with Crippen LogP contribution in [0.25, 0.3) is 0 Å². The zero-order valence-electron chi connectivity index (χ0n) is 21.0. The maximum absolute atomic E-state index is 13.4. The van der Waals surface area contributed by atoms with E-state index in [9.17, 15) is 23.1 Å². The Labute approximate surface area is 208 Å². The van der Waals surface area contributed by atoms with Crippen molar-refractivity contribution in [1.82, 2.24) is 15.1 Å². The number of amides is 3. The van der Waals surface area contributed by atoms with E-state index in [2.05, 4.69) is 10.0 Å². The largest absolute Gasteiger partial charge is 0.487 e. The van der Waals surface area contributed by atoms with E-state index in [1.54, 1.807) is 29.8 Å². The van der Waals surface area contributed by atoms with Gasteiger partial charge in [-0.05, 0) is 38.0 Å². The van der Waals surface area contributed by atoms with Crippen LogP contribution in [-0.4, -0.2) is 86.4 Å². The van der Waals surface area contributed by atoms with Crippen LogP contribution >= 0.6 is 0 Å². The fraction of sp³-hybridized carbons (Fsp3) is 0.667. The molecule has 1 aliphatic heterocycles. The predicted molar refractivity (Wildman–Crippen MR) is 134 cm³/mol. The van der Waals surface area contributed by atoms with Crippen molar-refractivity contribution in [2.24, 2.45) is 5.92 Å². The second-order valence-electron chi connectivity index (χ2n) is 9.87. The number of fused-ring (bicyclic) bond motifs is 1. The summed E-state index contributed by atoms with van der Waals surface area (Å²) in [4.78, 5) is 29.4. The molecule has 0 saturated heterocycles. The van der Waals surface area contributed by atoms with Crippen molar-refractivity contribution in [2.45, 2.75) is 64.1 Å². The summed E-state index contributed by atoms with van der Waals surface area (Å²) >= 11 is 0. The molecule has 3 amide bonds. The number of aliphatic hydroxyl groups excluding tert-OH is 1. The molecular weight excluding hydrogens is 472 g/mol. The molecule has 2 aliphatic rings. The molecule has 196 valence electrons. The second-order valence-corrected chi connectivity index (χ2v) is 11.6. The fourth-order valence-corrected chi connectivity index (χ4v) is 5.16. The van der Waals surface area contributed by atoms with Gasteiger partial charge in [0.1, 0.15) is 11.9 Å². The van der Waals surface area contributed by atoms with Crippen LogP contribution in [0.2, 0.25) is 0 Å². The first-order chi connectivity index (χ1) is 16.5. The number of anilines is 1. The van der Waals surface area contributed by atoms with Crippen LogP contribution in [-0.2, 0) is 10.0 Å². The Morgan fingerprint density at radius 3 is 2.60 bits per heavy atom. The van der Waals surface area contributed by atoms with Gasteiger partial charge in [-0.25, -0.2) is 13.2 Å². The Morgan fingerprint density at radius 2 is 1.97 bits per heavy atom. The predicted octanol–water partition coefficient (Wildman–Crippen LogP) is 2.25. The van der Waals surface area contributed by atoms with Gasteiger partial charge in [0, 0.05) is 31.2 Å². The number of sulfonamides is 1. The zero-order valence-corrected chi connectivity index (χ0v) is 21.8. The second kappa shape index (κ2) is 11.5. The quantitative estimate of drug-likeness (QED) is 0.516. The highest BCUT2D eigenvalue weighted by Crippen LogP contribution is 2.31. The highest BCUT2D eigenvalue weighted by atomic mass is 32.2. The Bertz CT molecular complexity index is 1010. The van der Waals surface area contributed by atoms with Gasteiger partial charge < -0.3 is 25.0 Å². The molecule has 1 aromatic carbocycles. The number of likely N-dealkylation sites (N-methyl/N-ethyl adjacent to an activating group) is 1. The summed E-state index contributed by atoms with van der Waals surface area (Å²) in [7, 11) is -1.81. The lowest BCUT2D eigenvalue weighted by Crippen LogP contribution is -2.52. The van der Waals surface area contributed by atoms with Gasteiger partial charge >= 0.3 is 6.03 Å². The molecule has 3 N–H and O–H groups in total. The van der Waals surface area contributed by atoms with Crippen molar-refractivity contribution in [3.8, 4) is 5.75 Å². The monoisotopic (exact) mass is 510 g/mol. The topological polar surface area (TPSA) is 128 Å². The number of ether oxygens (including phenoxy) is 1. The smallest absolute Gasteiger partial charge is 0.317 e. The molecule has 1 aromatic rings. The number of aliphatic hydroxyl groups is 1. The van der Waals surface area contributed by atoms with E-state index >= 15 is 0 Å². The maximum Gasteiger partial charge on any atom is 0.317 e. The van der Waals surface area contributed by atoms with Crippen LogP contribution in [0.15, 0.2) is 18.2 Å². The summed E-state index contributed by atoms with van der Waals surface area (Å²) < 4.78 is 32.1. The summed E-state index contributed by atoms with van der Waals surface area (Å²) in [5.41, 5.74) is 0.444. The maximum atomic E-state index is 13.4. The molecule has 35 heavy (non-hydrogen) atoms. The number of urea groups is 1. The lowest BCUT2D eigenvalue weighted by molar-refractivity contribution is 0.0366. The lowest BCUT2D eigenvalue weighted by Gasteiger charge is -2.38. The molecule has 11 heteroatoms. The number of carbonyl (C=O) groups is 2. The molecule has 0 unspecified atom stereocenters. The zero-order chi connectivity index (χ0) is 25.8. The van der Waals surface area contributed by atoms with Gasteiger partial charge in [-0.2, -0.15) is 0 Å². The first kappa shape index (κ1) is 27.1. The van der Waals surface area contributed by atoms with E-state index in [4.69, 9.17) is 4.74 Å². The van der Waals surface area contributed by atoms with Crippen LogP contribution in [0, 0.1) is 5.92 Å². The number of carbonyl (C=O) groups excluding carboxylic acids is 2. The number of hydrogen-bond acceptors (Lipinski definition) is 6. The number of hydrogen-bond donors (Lipinski definition) is 3. The fourth-order valence-electron chi connectivity index (χ4n) is 4.60. The lowest BCUT2D eigenvalue weighted by atomic mass is 9.96. The van der Waals surface area contributed by atoms with Gasteiger partial charge in [-0.1, -0.05) is 26.2 Å². The van der Waals surface area contributed by atoms with Crippen molar-refractivity contribution >= 4 is 27.6 Å². The van der Waals surface area contributed by atoms with Crippen LogP contribution in [0.5, 0.6) is 5.75 Å². The summed E-state index contributed by atoms with van der Waals surface area (Å²) in [6.45, 7) is 4.10. The van der Waals surface area contributed by atoms with Crippen molar-refractivity contribution in [3.05, 3.63) is 23.8 Å². The van der Waals surface area contributed by atoms with E-state index in [0.29, 0.717) is 18.8 Å². The number of nitrogens with one attached hydrogen (secondary N) is 2. The van der Waals surface area contributed by atoms with Crippen LogP contribution in [0.1, 0.15) is 56.3 Å². The normalized spacial score (nSPS) is 22.3. The molecule has 1 fully saturated rings. The molecule has 0 bridgehead atoms. The van der Waals surface area contributed by atoms with Gasteiger partial charge in [0.2, 0.25) is 10.0 Å². The summed E-state index contributed by atoms with van der Waals surface area (Å²) in [5.74, 6) is -0.186. The SMILES string of the molecule is C[C@@H]1CN([C@@H](C)CO)C(=O)c2cc(NS(C)(=O)=O)ccc2O[C@H]1CN(C)C(=O)NC1CCCCC1. The molecule has 3 atom stereocenters. The third-order valence-corrected chi connectivity index (χ3v) is 7.31. The average Bonchev–Trinajstić information content (AvgIpc) is 2.80. The van der Waals surface area contributed by atoms with Crippen molar-refractivity contribution in [2.75, 3.05) is 37.7 Å². The Balaban J connectivity index is 1.85. The summed E-state index contributed by atoms with van der Waals surface area (Å²) in [6, 6.07) is 4.14. The Hall–Kier alpha value is -2.53. The molecule has 0 spiro atoms. The number of nitrogens with zero attached hydrogens (tertiary/aromatic N) is 2. The molecule has 3 rings (SSSR count). The van der Waals surface area contributed by atoms with E-state index in [0.717, 1.165) is 31.9 Å². The summed E-state index contributed by atoms with van der Waals surface area (Å²) in [5, 5.41) is 12.9. The number of benzene rings is 1. The molecule has 1 aliphatic carbocycles. The standard InChI is InChI=1S/C24H38N4O6S/c1-16-13-28(17(2)15-29)23(30)20-12-19(26-35(4,32)33)10-11-21(20)34-22(16)14-27(3)24(31)25-18-8-6-5-7-9-18/h10-12,16-18,22,26,29H,5-9,13-15H2,1-4H3,(H,25,31)/t16-,17+,22+/m1/s1. The molecule has 0 aromatic heterocycles. The van der Waals surface area contributed by atoms with Crippen LogP contribution in [0.4, 0.5) is 10.5 Å². The molecular formula is C24H38N4O6S. The third kappa shape index (κ3) is 7.23. The Kier molecular flexibility index (Phi) is 8.87. The number of rotatable bonds is 7. The van der Waals surface area contributed by atoms with Crippen molar-refractivity contribution in [1.29, 1.82) is 0 Å². The first-order valence-electron chi connectivity index (χ1n) is 12.2. The van der Waals surface area contributed by atoms with Gasteiger partial charge in [0.05, 0.1) is 31.0 Å². The van der Waals surface area contributed by atoms with E-state index in [1.807, 2.05) is 6.92 Å². The van der Waals surface area contributed by atoms with E-state index < -0.39 is 22.2 Å². The Morgan fingerprint density at radius 1 is 1.29 bits per heavy atom. The van der Waals surface area contributed by atoms with Gasteiger partial charge in [0.25, 0.3) is 5.91 Å². The van der Waals surface area contributed by atoms with Crippen molar-refractivity contribution in [3.63, 3.8) is 0 Å².